The van der Waals surface area contributed by atoms with Gasteiger partial charge in [0, 0.05) is 23.2 Å². The van der Waals surface area contributed by atoms with Crippen molar-refractivity contribution < 1.29 is 0 Å². The van der Waals surface area contributed by atoms with Crippen molar-refractivity contribution in [3.05, 3.63) is 46.8 Å². The van der Waals surface area contributed by atoms with Crippen molar-refractivity contribution in [1.29, 1.82) is 0 Å². The van der Waals surface area contributed by atoms with Crippen LogP contribution in [0, 0.1) is 13.8 Å². The number of rotatable bonds is 0. The predicted octanol–water partition coefficient (Wildman–Crippen LogP) is 5.99. The van der Waals surface area contributed by atoms with E-state index in [2.05, 4.69) is 67.5 Å². The molecule has 0 fully saturated rings. The van der Waals surface area contributed by atoms with Crippen LogP contribution in [0.5, 0.6) is 0 Å². The average molecular weight is 320 g/mol. The Bertz CT molecular complexity index is 859. The van der Waals surface area contributed by atoms with E-state index in [1.807, 2.05) is 12.4 Å². The van der Waals surface area contributed by atoms with Crippen molar-refractivity contribution in [2.24, 2.45) is 0 Å². The lowest BCUT2D eigenvalue weighted by molar-refractivity contribution is 0.538. The smallest absolute Gasteiger partial charge is 0.0967 e. The van der Waals surface area contributed by atoms with Gasteiger partial charge in [-0.1, -0.05) is 41.5 Å². The normalized spacial score (nSPS) is 13.0. The summed E-state index contributed by atoms with van der Waals surface area (Å²) in [6.07, 6.45) is 3.90. The summed E-state index contributed by atoms with van der Waals surface area (Å²) in [5, 5.41) is 2.49. The minimum Gasteiger partial charge on any atom is -0.254 e. The molecule has 3 rings (SSSR count). The number of nitrogens with zero attached hydrogens (tertiary/aromatic N) is 2. The van der Waals surface area contributed by atoms with Crippen LogP contribution in [0.2, 0.25) is 0 Å². The molecular formula is C22H28N2. The molecular weight excluding hydrogens is 292 g/mol. The minimum absolute atomic E-state index is 0.0360. The maximum Gasteiger partial charge on any atom is 0.0967 e. The summed E-state index contributed by atoms with van der Waals surface area (Å²) in [5.41, 5.74) is 7.31. The molecule has 3 aromatic rings. The second-order valence-corrected chi connectivity index (χ2v) is 9.07. The predicted molar refractivity (Wildman–Crippen MR) is 104 cm³/mol. The summed E-state index contributed by atoms with van der Waals surface area (Å²) < 4.78 is 0. The highest BCUT2D eigenvalue weighted by molar-refractivity contribution is 6.07. The molecule has 1 aromatic carbocycles. The maximum atomic E-state index is 4.77. The van der Waals surface area contributed by atoms with Crippen LogP contribution in [0.25, 0.3) is 21.8 Å². The third kappa shape index (κ3) is 2.68. The summed E-state index contributed by atoms with van der Waals surface area (Å²) in [4.78, 5) is 9.55. The van der Waals surface area contributed by atoms with E-state index in [0.29, 0.717) is 0 Å². The van der Waals surface area contributed by atoms with Gasteiger partial charge in [0.25, 0.3) is 0 Å². The number of fused-ring (bicyclic) bond motifs is 3. The third-order valence-corrected chi connectivity index (χ3v) is 4.56. The molecule has 2 heterocycles. The fourth-order valence-corrected chi connectivity index (χ4v) is 3.72. The van der Waals surface area contributed by atoms with Crippen molar-refractivity contribution >= 4 is 21.8 Å². The molecule has 0 bridgehead atoms. The van der Waals surface area contributed by atoms with Gasteiger partial charge in [0.2, 0.25) is 0 Å². The van der Waals surface area contributed by atoms with Gasteiger partial charge in [0.1, 0.15) is 0 Å². The standard InChI is InChI=1S/C22H28N2/c1-13-9-15-17(21(3,4)5)18(22(6,7)8)16-10-14(2)12-24-20(16)19(15)23-11-13/h9-12H,1-8H3. The highest BCUT2D eigenvalue weighted by atomic mass is 14.7. The Morgan fingerprint density at radius 2 is 0.958 bits per heavy atom. The lowest BCUT2D eigenvalue weighted by atomic mass is 9.72. The van der Waals surface area contributed by atoms with Gasteiger partial charge < -0.3 is 0 Å². The van der Waals surface area contributed by atoms with Crippen molar-refractivity contribution in [3.63, 3.8) is 0 Å². The van der Waals surface area contributed by atoms with Crippen LogP contribution >= 0.6 is 0 Å². The second kappa shape index (κ2) is 5.27. The molecule has 0 unspecified atom stereocenters. The highest BCUT2D eigenvalue weighted by Gasteiger charge is 2.30. The zero-order chi connectivity index (χ0) is 17.9. The van der Waals surface area contributed by atoms with E-state index in [1.165, 1.54) is 33.0 Å². The van der Waals surface area contributed by atoms with Crippen molar-refractivity contribution in [2.75, 3.05) is 0 Å². The molecule has 0 aliphatic rings. The summed E-state index contributed by atoms with van der Waals surface area (Å²) >= 11 is 0. The average Bonchev–Trinajstić information content (AvgIpc) is 2.42. The number of hydrogen-bond donors (Lipinski definition) is 0. The molecule has 24 heavy (non-hydrogen) atoms. The first-order valence-electron chi connectivity index (χ1n) is 8.70. The van der Waals surface area contributed by atoms with Crippen LogP contribution in [-0.4, -0.2) is 9.97 Å². The van der Waals surface area contributed by atoms with Gasteiger partial charge in [-0.25, -0.2) is 0 Å². The van der Waals surface area contributed by atoms with Gasteiger partial charge in [0.15, 0.2) is 0 Å². The molecule has 0 radical (unpaired) electrons. The second-order valence-electron chi connectivity index (χ2n) is 9.07. The first-order chi connectivity index (χ1) is 11.0. The number of aryl methyl sites for hydroxylation is 2. The molecule has 0 N–H and O–H groups in total. The Kier molecular flexibility index (Phi) is 3.71. The molecule has 0 aliphatic carbocycles. The Labute approximate surface area is 145 Å². The van der Waals surface area contributed by atoms with E-state index in [0.717, 1.165) is 11.0 Å². The van der Waals surface area contributed by atoms with Crippen LogP contribution in [0.4, 0.5) is 0 Å². The first-order valence-corrected chi connectivity index (χ1v) is 8.70. The number of pyridine rings is 2. The van der Waals surface area contributed by atoms with Gasteiger partial charge in [-0.3, -0.25) is 9.97 Å². The van der Waals surface area contributed by atoms with Gasteiger partial charge in [0.05, 0.1) is 11.0 Å². The van der Waals surface area contributed by atoms with Gasteiger partial charge in [-0.05, 0) is 59.1 Å². The fraction of sp³-hybridized carbons (Fsp3) is 0.455. The SMILES string of the molecule is Cc1cnc2c(c1)c(C(C)(C)C)c(C(C)(C)C)c1cc(C)cnc12. The van der Waals surface area contributed by atoms with Crippen LogP contribution in [0.15, 0.2) is 24.5 Å². The maximum absolute atomic E-state index is 4.77. The fourth-order valence-electron chi connectivity index (χ4n) is 3.72. The Hall–Kier alpha value is -1.96. The highest BCUT2D eigenvalue weighted by Crippen LogP contribution is 2.43. The molecule has 0 spiro atoms. The van der Waals surface area contributed by atoms with Crippen LogP contribution in [0.3, 0.4) is 0 Å². The largest absolute Gasteiger partial charge is 0.254 e. The lowest BCUT2D eigenvalue weighted by Crippen LogP contribution is -2.23. The molecule has 0 aliphatic heterocycles. The summed E-state index contributed by atoms with van der Waals surface area (Å²) in [5.74, 6) is 0. The Morgan fingerprint density at radius 3 is 1.25 bits per heavy atom. The minimum atomic E-state index is 0.0360. The van der Waals surface area contributed by atoms with Crippen LogP contribution in [0.1, 0.15) is 63.8 Å². The quantitative estimate of drug-likeness (QED) is 0.475. The number of benzene rings is 1. The van der Waals surface area contributed by atoms with E-state index in [-0.39, 0.29) is 10.8 Å². The van der Waals surface area contributed by atoms with E-state index < -0.39 is 0 Å². The van der Waals surface area contributed by atoms with E-state index in [1.54, 1.807) is 0 Å². The molecule has 126 valence electrons. The van der Waals surface area contributed by atoms with Crippen LogP contribution in [-0.2, 0) is 10.8 Å². The molecule has 2 heteroatoms. The van der Waals surface area contributed by atoms with Crippen molar-refractivity contribution in [3.8, 4) is 0 Å². The molecule has 0 saturated carbocycles. The first kappa shape index (κ1) is 16.9. The molecule has 0 saturated heterocycles. The van der Waals surface area contributed by atoms with Crippen molar-refractivity contribution in [1.82, 2.24) is 9.97 Å². The summed E-state index contributed by atoms with van der Waals surface area (Å²) in [6.45, 7) is 18.0. The summed E-state index contributed by atoms with van der Waals surface area (Å²) in [6, 6.07) is 4.55. The van der Waals surface area contributed by atoms with E-state index >= 15 is 0 Å². The van der Waals surface area contributed by atoms with Crippen LogP contribution < -0.4 is 0 Å². The molecule has 2 nitrogen and oxygen atoms in total. The van der Waals surface area contributed by atoms with Crippen molar-refractivity contribution in [2.45, 2.75) is 66.2 Å². The zero-order valence-corrected chi connectivity index (χ0v) is 16.2. The zero-order valence-electron chi connectivity index (χ0n) is 16.2. The third-order valence-electron chi connectivity index (χ3n) is 4.56. The monoisotopic (exact) mass is 320 g/mol. The van der Waals surface area contributed by atoms with Gasteiger partial charge in [-0.15, -0.1) is 0 Å². The van der Waals surface area contributed by atoms with Gasteiger partial charge >= 0.3 is 0 Å². The Balaban J connectivity index is 2.71. The molecule has 0 atom stereocenters. The number of aromatic nitrogens is 2. The lowest BCUT2D eigenvalue weighted by Gasteiger charge is -2.33. The molecule has 2 aromatic heterocycles. The number of hydrogen-bond acceptors (Lipinski definition) is 2. The van der Waals surface area contributed by atoms with Gasteiger partial charge in [-0.2, -0.15) is 0 Å². The molecule has 0 amide bonds. The topological polar surface area (TPSA) is 25.8 Å². The van der Waals surface area contributed by atoms with E-state index in [9.17, 15) is 0 Å². The summed E-state index contributed by atoms with van der Waals surface area (Å²) in [7, 11) is 0. The van der Waals surface area contributed by atoms with E-state index in [4.69, 9.17) is 9.97 Å². The Morgan fingerprint density at radius 1 is 0.625 bits per heavy atom.